The summed E-state index contributed by atoms with van der Waals surface area (Å²) in [6, 6.07) is 12.4. The van der Waals surface area contributed by atoms with E-state index in [1.165, 1.54) is 12.1 Å². The molecule has 1 heterocycles. The van der Waals surface area contributed by atoms with Gasteiger partial charge < -0.3 is 15.5 Å². The average Bonchev–Trinajstić information content (AvgIpc) is 3.12. The molecule has 2 aromatic carbocycles. The first-order valence-corrected chi connectivity index (χ1v) is 9.72. The molecule has 1 amide bonds. The second kappa shape index (κ2) is 11.3. The van der Waals surface area contributed by atoms with E-state index >= 15 is 0 Å². The summed E-state index contributed by atoms with van der Waals surface area (Å²) in [6.45, 7) is 2.04. The molecule has 0 saturated carbocycles. The van der Waals surface area contributed by atoms with Crippen molar-refractivity contribution < 1.29 is 9.18 Å². The van der Waals surface area contributed by atoms with Crippen molar-refractivity contribution in [2.45, 2.75) is 25.8 Å². The Morgan fingerprint density at radius 1 is 1.21 bits per heavy atom. The molecule has 0 unspecified atom stereocenters. The van der Waals surface area contributed by atoms with Crippen molar-refractivity contribution in [3.63, 3.8) is 0 Å². The number of rotatable bonds is 6. The highest BCUT2D eigenvalue weighted by Gasteiger charge is 2.21. The number of aliphatic imine (C=N–C) groups is 1. The smallest absolute Gasteiger partial charge is 0.227 e. The number of carbonyl (C=O) groups is 1. The Balaban J connectivity index is 0.00000300. The number of carbonyl (C=O) groups excluding carboxylic acids is 1. The Labute approximate surface area is 192 Å². The number of guanidine groups is 1. The van der Waals surface area contributed by atoms with Crippen molar-refractivity contribution in [1.82, 2.24) is 10.6 Å². The Bertz CT molecular complexity index is 860. The quantitative estimate of drug-likeness (QED) is 0.335. The molecule has 0 atom stereocenters. The summed E-state index contributed by atoms with van der Waals surface area (Å²) in [5.74, 6) is 0.535. The molecule has 3 rings (SSSR count). The number of halogens is 3. The van der Waals surface area contributed by atoms with E-state index in [9.17, 15) is 9.18 Å². The van der Waals surface area contributed by atoms with Gasteiger partial charge in [-0.2, -0.15) is 0 Å². The van der Waals surface area contributed by atoms with Gasteiger partial charge in [0.25, 0.3) is 0 Å². The molecule has 29 heavy (non-hydrogen) atoms. The van der Waals surface area contributed by atoms with E-state index in [2.05, 4.69) is 15.6 Å². The monoisotopic (exact) mass is 530 g/mol. The van der Waals surface area contributed by atoms with Crippen LogP contribution in [-0.4, -0.2) is 32.0 Å². The van der Waals surface area contributed by atoms with Crippen LogP contribution in [0, 0.1) is 5.82 Å². The van der Waals surface area contributed by atoms with Gasteiger partial charge in [0.15, 0.2) is 5.96 Å². The maximum absolute atomic E-state index is 13.1. The molecular weight excluding hydrogens is 506 g/mol. The topological polar surface area (TPSA) is 56.7 Å². The maximum atomic E-state index is 13.1. The van der Waals surface area contributed by atoms with Crippen molar-refractivity contribution in [3.8, 4) is 0 Å². The second-order valence-corrected chi connectivity index (χ2v) is 7.06. The molecular formula is C21H25ClFIN4O. The van der Waals surface area contributed by atoms with Gasteiger partial charge in [0.05, 0.1) is 0 Å². The minimum Gasteiger partial charge on any atom is -0.356 e. The molecule has 0 aliphatic carbocycles. The van der Waals surface area contributed by atoms with Crippen LogP contribution in [0.5, 0.6) is 0 Å². The van der Waals surface area contributed by atoms with Gasteiger partial charge in [-0.25, -0.2) is 4.39 Å². The summed E-state index contributed by atoms with van der Waals surface area (Å²) < 4.78 is 13.1. The van der Waals surface area contributed by atoms with Crippen LogP contribution in [0.1, 0.15) is 24.0 Å². The molecule has 156 valence electrons. The number of benzene rings is 2. The van der Waals surface area contributed by atoms with Gasteiger partial charge in [-0.3, -0.25) is 9.79 Å². The minimum atomic E-state index is -0.334. The minimum absolute atomic E-state index is 0. The van der Waals surface area contributed by atoms with E-state index in [1.807, 2.05) is 29.2 Å². The summed E-state index contributed by atoms with van der Waals surface area (Å²) in [5.41, 5.74) is 2.93. The third-order valence-electron chi connectivity index (χ3n) is 4.71. The molecule has 8 heteroatoms. The zero-order valence-corrected chi connectivity index (χ0v) is 19.3. The number of anilines is 1. The molecule has 0 radical (unpaired) electrons. The van der Waals surface area contributed by atoms with Crippen LogP contribution in [0.25, 0.3) is 0 Å². The maximum Gasteiger partial charge on any atom is 0.227 e. The predicted molar refractivity (Wildman–Crippen MR) is 127 cm³/mol. The second-order valence-electron chi connectivity index (χ2n) is 6.65. The van der Waals surface area contributed by atoms with Gasteiger partial charge in [-0.05, 0) is 48.2 Å². The fourth-order valence-corrected chi connectivity index (χ4v) is 3.42. The first-order chi connectivity index (χ1) is 13.6. The zero-order valence-electron chi connectivity index (χ0n) is 16.3. The highest BCUT2D eigenvalue weighted by Crippen LogP contribution is 2.21. The van der Waals surface area contributed by atoms with Crippen LogP contribution in [0.2, 0.25) is 5.02 Å². The van der Waals surface area contributed by atoms with Crippen LogP contribution in [0.4, 0.5) is 10.1 Å². The van der Waals surface area contributed by atoms with Crippen molar-refractivity contribution in [3.05, 3.63) is 64.4 Å². The van der Waals surface area contributed by atoms with E-state index in [-0.39, 0.29) is 35.7 Å². The average molecular weight is 531 g/mol. The third-order valence-corrected chi connectivity index (χ3v) is 5.06. The molecule has 2 aromatic rings. The van der Waals surface area contributed by atoms with Gasteiger partial charge in [0.1, 0.15) is 5.82 Å². The summed E-state index contributed by atoms with van der Waals surface area (Å²) in [5, 5.41) is 6.92. The summed E-state index contributed by atoms with van der Waals surface area (Å²) in [7, 11) is 1.71. The molecule has 0 aromatic heterocycles. The highest BCUT2D eigenvalue weighted by molar-refractivity contribution is 14.0. The molecule has 1 aliphatic heterocycles. The first-order valence-electron chi connectivity index (χ1n) is 9.34. The lowest BCUT2D eigenvalue weighted by atomic mass is 10.1. The van der Waals surface area contributed by atoms with Crippen molar-refractivity contribution >= 4 is 53.1 Å². The fourth-order valence-electron chi connectivity index (χ4n) is 3.16. The van der Waals surface area contributed by atoms with Crippen LogP contribution >= 0.6 is 35.6 Å². The summed E-state index contributed by atoms with van der Waals surface area (Å²) in [4.78, 5) is 17.9. The van der Waals surface area contributed by atoms with E-state index in [0.29, 0.717) is 36.9 Å². The van der Waals surface area contributed by atoms with Crippen LogP contribution in [0.15, 0.2) is 47.5 Å². The van der Waals surface area contributed by atoms with Gasteiger partial charge in [-0.1, -0.05) is 29.8 Å². The summed E-state index contributed by atoms with van der Waals surface area (Å²) in [6.07, 6.45) is 2.22. The van der Waals surface area contributed by atoms with Gasteiger partial charge >= 0.3 is 0 Å². The van der Waals surface area contributed by atoms with Crippen LogP contribution in [0.3, 0.4) is 0 Å². The van der Waals surface area contributed by atoms with Gasteiger partial charge in [-0.15, -0.1) is 24.0 Å². The van der Waals surface area contributed by atoms with Crippen LogP contribution < -0.4 is 15.5 Å². The Morgan fingerprint density at radius 3 is 2.59 bits per heavy atom. The number of amides is 1. The highest BCUT2D eigenvalue weighted by atomic mass is 127. The normalized spacial score (nSPS) is 14.0. The molecule has 2 N–H and O–H groups in total. The molecule has 1 aliphatic rings. The van der Waals surface area contributed by atoms with E-state index in [4.69, 9.17) is 11.6 Å². The SMILES string of the molecule is CN=C(NCCc1ccc(F)cc1Cl)NCc1ccc(N2CCCC2=O)cc1.I. The number of hydrogen-bond acceptors (Lipinski definition) is 2. The molecule has 1 saturated heterocycles. The number of hydrogen-bond donors (Lipinski definition) is 2. The largest absolute Gasteiger partial charge is 0.356 e. The predicted octanol–water partition coefficient (Wildman–Crippen LogP) is 4.13. The van der Waals surface area contributed by atoms with E-state index in [0.717, 1.165) is 29.8 Å². The lowest BCUT2D eigenvalue weighted by Gasteiger charge is -2.16. The first kappa shape index (κ1) is 23.4. The molecule has 1 fully saturated rings. The fraction of sp³-hybridized carbons (Fsp3) is 0.333. The van der Waals surface area contributed by atoms with Crippen molar-refractivity contribution in [2.24, 2.45) is 4.99 Å². The Morgan fingerprint density at radius 2 is 1.97 bits per heavy atom. The zero-order chi connectivity index (χ0) is 19.9. The van der Waals surface area contributed by atoms with Gasteiger partial charge in [0, 0.05) is 43.8 Å². The third kappa shape index (κ3) is 6.57. The standard InChI is InChI=1S/C21H24ClFN4O.HI/c1-24-21(25-11-10-16-6-7-17(23)13-19(16)22)26-14-15-4-8-18(9-5-15)27-12-2-3-20(27)28;/h4-9,13H,2-3,10-12,14H2,1H3,(H2,24,25,26);1H. The van der Waals surface area contributed by atoms with E-state index < -0.39 is 0 Å². The Hall–Kier alpha value is -1.87. The molecule has 0 bridgehead atoms. The lowest BCUT2D eigenvalue weighted by Crippen LogP contribution is -2.37. The number of nitrogens with zero attached hydrogens (tertiary/aromatic N) is 2. The molecule has 0 spiro atoms. The Kier molecular flexibility index (Phi) is 9.16. The van der Waals surface area contributed by atoms with E-state index in [1.54, 1.807) is 13.1 Å². The van der Waals surface area contributed by atoms with Crippen molar-refractivity contribution in [1.29, 1.82) is 0 Å². The number of nitrogens with one attached hydrogen (secondary N) is 2. The van der Waals surface area contributed by atoms with Gasteiger partial charge in [0.2, 0.25) is 5.91 Å². The lowest BCUT2D eigenvalue weighted by molar-refractivity contribution is -0.117. The summed E-state index contributed by atoms with van der Waals surface area (Å²) >= 11 is 6.05. The van der Waals surface area contributed by atoms with Crippen LogP contribution in [-0.2, 0) is 17.8 Å². The molecule has 5 nitrogen and oxygen atoms in total. The van der Waals surface area contributed by atoms with Crippen molar-refractivity contribution in [2.75, 3.05) is 25.0 Å².